The summed E-state index contributed by atoms with van der Waals surface area (Å²) in [5.74, 6) is -2.15. The van der Waals surface area contributed by atoms with Gasteiger partial charge in [0.2, 0.25) is 0 Å². The molecule has 3 amide bonds. The molecule has 220 valence electrons. The van der Waals surface area contributed by atoms with E-state index < -0.39 is 35.7 Å². The molecule has 1 saturated heterocycles. The Morgan fingerprint density at radius 2 is 1.86 bits per heavy atom. The van der Waals surface area contributed by atoms with Crippen molar-refractivity contribution in [2.45, 2.75) is 26.0 Å². The molecule has 0 unspecified atom stereocenters. The van der Waals surface area contributed by atoms with Gasteiger partial charge in [-0.2, -0.15) is 10.2 Å². The van der Waals surface area contributed by atoms with Gasteiger partial charge in [-0.25, -0.2) is 23.2 Å². The van der Waals surface area contributed by atoms with E-state index in [4.69, 9.17) is 15.7 Å². The number of nitrogens with zero attached hydrogens (tertiary/aromatic N) is 5. The summed E-state index contributed by atoms with van der Waals surface area (Å²) < 4.78 is 30.9. The van der Waals surface area contributed by atoms with Gasteiger partial charge in [0.15, 0.2) is 11.6 Å². The first-order valence-electron chi connectivity index (χ1n) is 13.6. The van der Waals surface area contributed by atoms with Gasteiger partial charge in [-0.1, -0.05) is 31.2 Å². The Morgan fingerprint density at radius 1 is 1.07 bits per heavy atom. The molecule has 0 aliphatic carbocycles. The zero-order valence-corrected chi connectivity index (χ0v) is 23.3. The van der Waals surface area contributed by atoms with Crippen LogP contribution in [-0.4, -0.2) is 55.3 Å². The predicted molar refractivity (Wildman–Crippen MR) is 154 cm³/mol. The fourth-order valence-corrected chi connectivity index (χ4v) is 5.14. The van der Waals surface area contributed by atoms with Crippen LogP contribution >= 0.6 is 0 Å². The average molecular weight is 587 g/mol. The molecule has 1 fully saturated rings. The molecule has 1 aliphatic rings. The number of rotatable bonds is 7. The molecule has 2 aromatic carbocycles. The summed E-state index contributed by atoms with van der Waals surface area (Å²) >= 11 is 0. The Hall–Kier alpha value is -5.14. The Kier molecular flexibility index (Phi) is 7.34. The number of halogens is 2. The Balaban J connectivity index is 1.32. The zero-order chi connectivity index (χ0) is 30.2. The van der Waals surface area contributed by atoms with Crippen LogP contribution < -0.4 is 16.4 Å². The predicted octanol–water partition coefficient (Wildman–Crippen LogP) is 4.37. The van der Waals surface area contributed by atoms with Crippen LogP contribution in [0, 0.1) is 18.6 Å². The molecule has 43 heavy (non-hydrogen) atoms. The van der Waals surface area contributed by atoms with Gasteiger partial charge in [0, 0.05) is 36.6 Å². The maximum atomic E-state index is 14.0. The van der Waals surface area contributed by atoms with Crippen molar-refractivity contribution in [2.24, 2.45) is 5.73 Å². The van der Waals surface area contributed by atoms with Crippen LogP contribution in [0.15, 0.2) is 73.1 Å². The van der Waals surface area contributed by atoms with Crippen LogP contribution in [0.2, 0.25) is 0 Å². The number of pyridine rings is 1. The monoisotopic (exact) mass is 586 g/mol. The van der Waals surface area contributed by atoms with Crippen molar-refractivity contribution in [3.8, 4) is 16.9 Å². The highest BCUT2D eigenvalue weighted by Gasteiger charge is 2.36. The number of nitrogens with two attached hydrogens (primary N) is 1. The third kappa shape index (κ3) is 5.43. The first kappa shape index (κ1) is 28.0. The lowest BCUT2D eigenvalue weighted by atomic mass is 10.0. The van der Waals surface area contributed by atoms with Crippen LogP contribution in [-0.2, 0) is 4.84 Å². The second kappa shape index (κ2) is 11.3. The van der Waals surface area contributed by atoms with Crippen LogP contribution in [0.3, 0.4) is 0 Å². The van der Waals surface area contributed by atoms with E-state index in [0.717, 1.165) is 17.7 Å². The van der Waals surface area contributed by atoms with Crippen molar-refractivity contribution >= 4 is 23.4 Å². The van der Waals surface area contributed by atoms with Gasteiger partial charge in [0.1, 0.15) is 23.3 Å². The van der Waals surface area contributed by atoms with Crippen molar-refractivity contribution in [1.29, 1.82) is 0 Å². The molecule has 0 spiro atoms. The fraction of sp³-hybridized carbons (Fsp3) is 0.200. The lowest BCUT2D eigenvalue weighted by molar-refractivity contribution is -0.144. The first-order chi connectivity index (χ1) is 20.7. The van der Waals surface area contributed by atoms with E-state index >= 15 is 0 Å². The van der Waals surface area contributed by atoms with Gasteiger partial charge >= 0.3 is 6.03 Å². The van der Waals surface area contributed by atoms with Gasteiger partial charge in [0.05, 0.1) is 17.4 Å². The summed E-state index contributed by atoms with van der Waals surface area (Å²) in [6.45, 7) is 4.61. The van der Waals surface area contributed by atoms with Crippen LogP contribution in [0.25, 0.3) is 22.6 Å². The number of primary amides is 1. The number of urea groups is 1. The Bertz CT molecular complexity index is 1840. The molecule has 11 nitrogen and oxygen atoms in total. The van der Waals surface area contributed by atoms with E-state index in [1.54, 1.807) is 32.6 Å². The highest BCUT2D eigenvalue weighted by Crippen LogP contribution is 2.32. The lowest BCUT2D eigenvalue weighted by Crippen LogP contribution is -2.42. The SMILES string of the molecule is CCN1C[C@@H](NC(=O)Nc2c(C)c(-c3ccc4nc(C(N)=O)cn4c3)nn2-c2ccccc2)[C@H](c2ccc(F)c(F)c2)O1. The number of carbonyl (C=O) groups is 2. The molecule has 6 rings (SSSR count). The second-order valence-electron chi connectivity index (χ2n) is 10.1. The number of aromatic nitrogens is 4. The van der Waals surface area contributed by atoms with E-state index in [-0.39, 0.29) is 5.69 Å². The maximum Gasteiger partial charge on any atom is 0.320 e. The number of carbonyl (C=O) groups excluding carboxylic acids is 2. The molecule has 4 N–H and O–H groups in total. The number of imidazole rings is 1. The largest absolute Gasteiger partial charge is 0.364 e. The standard InChI is InChI=1S/C30H28F2N8O3/c1-3-39-16-23(27(43-39)18-9-11-21(31)22(32)13-18)35-30(42)36-29-17(2)26(37-40(29)20-7-5-4-6-8-20)19-10-12-25-34-24(28(33)41)15-38(25)14-19/h4-15,23,27H,3,16H2,1-2H3,(H2,33,41)(H2,35,36,42)/t23-,27+/m1/s1. The molecule has 13 heteroatoms. The number of fused-ring (bicyclic) bond motifs is 1. The highest BCUT2D eigenvalue weighted by atomic mass is 19.2. The highest BCUT2D eigenvalue weighted by molar-refractivity contribution is 5.92. The third-order valence-corrected chi connectivity index (χ3v) is 7.30. The van der Waals surface area contributed by atoms with Gasteiger partial charge in [-0.15, -0.1) is 0 Å². The minimum absolute atomic E-state index is 0.141. The number of para-hydroxylation sites is 1. The number of benzene rings is 2. The number of hydroxylamine groups is 2. The van der Waals surface area contributed by atoms with Crippen molar-refractivity contribution in [1.82, 2.24) is 29.5 Å². The summed E-state index contributed by atoms with van der Waals surface area (Å²) in [5.41, 5.74) is 9.20. The minimum Gasteiger partial charge on any atom is -0.364 e. The molecule has 0 bridgehead atoms. The van der Waals surface area contributed by atoms with E-state index in [1.165, 1.54) is 6.07 Å². The van der Waals surface area contributed by atoms with E-state index in [2.05, 4.69) is 15.6 Å². The van der Waals surface area contributed by atoms with Crippen LogP contribution in [0.4, 0.5) is 19.4 Å². The van der Waals surface area contributed by atoms with Gasteiger partial charge in [-0.3, -0.25) is 14.9 Å². The van der Waals surface area contributed by atoms with E-state index in [0.29, 0.717) is 47.1 Å². The van der Waals surface area contributed by atoms with Gasteiger partial charge < -0.3 is 15.5 Å². The summed E-state index contributed by atoms with van der Waals surface area (Å²) in [5, 5.41) is 12.4. The molecule has 3 aromatic heterocycles. The summed E-state index contributed by atoms with van der Waals surface area (Å²) in [6, 6.07) is 15.4. The number of hydrogen-bond donors (Lipinski definition) is 3. The number of anilines is 1. The summed E-state index contributed by atoms with van der Waals surface area (Å²) in [7, 11) is 0. The Morgan fingerprint density at radius 3 is 2.58 bits per heavy atom. The first-order valence-corrected chi connectivity index (χ1v) is 13.6. The Labute approximate surface area is 244 Å². The van der Waals surface area contributed by atoms with E-state index in [1.807, 2.05) is 50.2 Å². The summed E-state index contributed by atoms with van der Waals surface area (Å²) in [6.07, 6.45) is 2.61. The number of amides is 3. The van der Waals surface area contributed by atoms with Crippen molar-refractivity contribution < 1.29 is 23.2 Å². The molecular formula is C30H28F2N8O3. The van der Waals surface area contributed by atoms with Crippen LogP contribution in [0.1, 0.15) is 34.6 Å². The van der Waals surface area contributed by atoms with Crippen molar-refractivity contribution in [3.05, 3.63) is 102 Å². The summed E-state index contributed by atoms with van der Waals surface area (Å²) in [4.78, 5) is 35.2. The van der Waals surface area contributed by atoms with Gasteiger partial charge in [0.25, 0.3) is 5.91 Å². The van der Waals surface area contributed by atoms with Crippen molar-refractivity contribution in [3.63, 3.8) is 0 Å². The number of nitrogens with one attached hydrogen (secondary N) is 2. The normalized spacial score (nSPS) is 16.9. The average Bonchev–Trinajstić information content (AvgIpc) is 3.70. The second-order valence-corrected chi connectivity index (χ2v) is 10.1. The van der Waals surface area contributed by atoms with Crippen molar-refractivity contribution in [2.75, 3.05) is 18.4 Å². The molecule has 4 heterocycles. The van der Waals surface area contributed by atoms with Crippen LogP contribution in [0.5, 0.6) is 0 Å². The maximum absolute atomic E-state index is 14.0. The third-order valence-electron chi connectivity index (χ3n) is 7.30. The minimum atomic E-state index is -0.992. The zero-order valence-electron chi connectivity index (χ0n) is 23.3. The lowest BCUT2D eigenvalue weighted by Gasteiger charge is -2.20. The number of likely N-dealkylation sites (N-methyl/N-ethyl adjacent to an activating group) is 1. The molecule has 2 atom stereocenters. The smallest absolute Gasteiger partial charge is 0.320 e. The fourth-order valence-electron chi connectivity index (χ4n) is 5.14. The molecule has 1 aliphatic heterocycles. The topological polar surface area (TPSA) is 132 Å². The number of hydrogen-bond acceptors (Lipinski definition) is 6. The molecule has 0 saturated carbocycles. The molecule has 5 aromatic rings. The molecular weight excluding hydrogens is 558 g/mol. The van der Waals surface area contributed by atoms with E-state index in [9.17, 15) is 18.4 Å². The molecule has 0 radical (unpaired) electrons. The van der Waals surface area contributed by atoms with Gasteiger partial charge in [-0.05, 0) is 48.9 Å². The quantitative estimate of drug-likeness (QED) is 0.260.